The molecule has 1 N–H and O–H groups in total. The average Bonchev–Trinajstić information content (AvgIpc) is 2.47. The van der Waals surface area contributed by atoms with E-state index in [0.29, 0.717) is 16.5 Å². The van der Waals surface area contributed by atoms with Crippen LogP contribution in [0.15, 0.2) is 22.7 Å². The molecular weight excluding hydrogens is 206 g/mol. The van der Waals surface area contributed by atoms with Crippen molar-refractivity contribution < 1.29 is 14.4 Å². The van der Waals surface area contributed by atoms with E-state index in [0.717, 1.165) is 0 Å². The van der Waals surface area contributed by atoms with E-state index in [2.05, 4.69) is 5.16 Å². The number of rotatable bonds is 2. The Kier molecular flexibility index (Phi) is 2.13. The number of hydrogen-bond acceptors (Lipinski definition) is 3. The van der Waals surface area contributed by atoms with E-state index >= 15 is 0 Å². The van der Waals surface area contributed by atoms with Crippen LogP contribution in [-0.2, 0) is 11.2 Å². The first kappa shape index (κ1) is 9.02. The highest BCUT2D eigenvalue weighted by Gasteiger charge is 2.07. The molecule has 4 nitrogen and oxygen atoms in total. The van der Waals surface area contributed by atoms with Gasteiger partial charge in [-0.2, -0.15) is 0 Å². The van der Waals surface area contributed by atoms with Crippen LogP contribution >= 0.6 is 11.6 Å². The molecule has 0 radical (unpaired) electrons. The number of nitrogens with zero attached hydrogens (tertiary/aromatic N) is 1. The lowest BCUT2D eigenvalue weighted by molar-refractivity contribution is -0.136. The minimum atomic E-state index is -0.878. The van der Waals surface area contributed by atoms with Gasteiger partial charge >= 0.3 is 5.97 Å². The first-order valence-electron chi connectivity index (χ1n) is 3.92. The van der Waals surface area contributed by atoms with Crippen molar-refractivity contribution in [2.75, 3.05) is 0 Å². The van der Waals surface area contributed by atoms with Crippen molar-refractivity contribution in [3.8, 4) is 0 Å². The Morgan fingerprint density at radius 2 is 2.36 bits per heavy atom. The zero-order chi connectivity index (χ0) is 10.1. The number of fused-ring (bicyclic) bond motifs is 1. The Bertz CT molecular complexity index is 492. The number of aromatic nitrogens is 1. The van der Waals surface area contributed by atoms with Crippen molar-refractivity contribution in [1.29, 1.82) is 0 Å². The van der Waals surface area contributed by atoms with Gasteiger partial charge in [0.2, 0.25) is 0 Å². The molecule has 0 fully saturated rings. The van der Waals surface area contributed by atoms with Gasteiger partial charge in [0.15, 0.2) is 10.7 Å². The lowest BCUT2D eigenvalue weighted by Gasteiger charge is -1.95. The largest absolute Gasteiger partial charge is 0.481 e. The van der Waals surface area contributed by atoms with Crippen LogP contribution in [0, 0.1) is 0 Å². The van der Waals surface area contributed by atoms with Crippen molar-refractivity contribution in [3.05, 3.63) is 28.9 Å². The molecule has 0 saturated carbocycles. The summed E-state index contributed by atoms with van der Waals surface area (Å²) in [5.74, 6) is -0.878. The molecule has 0 atom stereocenters. The maximum Gasteiger partial charge on any atom is 0.307 e. The van der Waals surface area contributed by atoms with E-state index in [1.54, 1.807) is 18.2 Å². The summed E-state index contributed by atoms with van der Waals surface area (Å²) >= 11 is 5.73. The van der Waals surface area contributed by atoms with E-state index in [-0.39, 0.29) is 11.6 Å². The Morgan fingerprint density at radius 1 is 1.57 bits per heavy atom. The molecule has 0 aliphatic rings. The smallest absolute Gasteiger partial charge is 0.307 e. The second-order valence-corrected chi connectivity index (χ2v) is 3.23. The molecule has 72 valence electrons. The lowest BCUT2D eigenvalue weighted by Crippen LogP contribution is -1.99. The SMILES string of the molecule is O=C(O)Cc1ccc2onc(Cl)c2c1. The fourth-order valence-corrected chi connectivity index (χ4v) is 1.42. The van der Waals surface area contributed by atoms with Crippen LogP contribution in [0.2, 0.25) is 5.15 Å². The number of hydrogen-bond donors (Lipinski definition) is 1. The highest BCUT2D eigenvalue weighted by atomic mass is 35.5. The van der Waals surface area contributed by atoms with Crippen LogP contribution in [0.1, 0.15) is 5.56 Å². The molecule has 5 heteroatoms. The molecule has 1 heterocycles. The van der Waals surface area contributed by atoms with E-state index in [1.165, 1.54) is 0 Å². The Labute approximate surface area is 84.1 Å². The van der Waals surface area contributed by atoms with Gasteiger partial charge in [-0.1, -0.05) is 22.8 Å². The van der Waals surface area contributed by atoms with Crippen LogP contribution in [0.25, 0.3) is 11.0 Å². The van der Waals surface area contributed by atoms with Gasteiger partial charge in [0.25, 0.3) is 0 Å². The topological polar surface area (TPSA) is 63.3 Å². The molecule has 0 unspecified atom stereocenters. The predicted molar refractivity (Wildman–Crippen MR) is 50.4 cm³/mol. The number of halogens is 1. The van der Waals surface area contributed by atoms with Gasteiger partial charge in [0.1, 0.15) is 0 Å². The zero-order valence-electron chi connectivity index (χ0n) is 7.03. The number of carbonyl (C=O) groups is 1. The third-order valence-electron chi connectivity index (χ3n) is 1.85. The fraction of sp³-hybridized carbons (Fsp3) is 0.111. The molecule has 0 saturated heterocycles. The molecule has 2 rings (SSSR count). The van der Waals surface area contributed by atoms with E-state index < -0.39 is 5.97 Å². The predicted octanol–water partition coefficient (Wildman–Crippen LogP) is 2.11. The van der Waals surface area contributed by atoms with Crippen molar-refractivity contribution in [2.24, 2.45) is 0 Å². The maximum absolute atomic E-state index is 10.5. The van der Waals surface area contributed by atoms with Gasteiger partial charge in [-0.15, -0.1) is 0 Å². The average molecular weight is 212 g/mol. The van der Waals surface area contributed by atoms with Crippen LogP contribution in [0.4, 0.5) is 0 Å². The molecule has 1 aromatic carbocycles. The third-order valence-corrected chi connectivity index (χ3v) is 2.12. The quantitative estimate of drug-likeness (QED) is 0.826. The third kappa shape index (κ3) is 1.56. The van der Waals surface area contributed by atoms with E-state index in [9.17, 15) is 4.79 Å². The summed E-state index contributed by atoms with van der Waals surface area (Å²) in [4.78, 5) is 10.5. The number of aliphatic carboxylic acids is 1. The molecule has 0 amide bonds. The first-order chi connectivity index (χ1) is 6.66. The lowest BCUT2D eigenvalue weighted by atomic mass is 10.1. The van der Waals surface area contributed by atoms with Gasteiger partial charge in [0, 0.05) is 0 Å². The minimum Gasteiger partial charge on any atom is -0.481 e. The van der Waals surface area contributed by atoms with Gasteiger partial charge in [-0.25, -0.2) is 0 Å². The normalized spacial score (nSPS) is 10.6. The Hall–Kier alpha value is -1.55. The number of carboxylic acids is 1. The zero-order valence-corrected chi connectivity index (χ0v) is 7.78. The second-order valence-electron chi connectivity index (χ2n) is 2.87. The summed E-state index contributed by atoms with van der Waals surface area (Å²) in [6.45, 7) is 0. The Morgan fingerprint density at radius 3 is 3.07 bits per heavy atom. The molecule has 14 heavy (non-hydrogen) atoms. The van der Waals surface area contributed by atoms with Crippen LogP contribution < -0.4 is 0 Å². The summed E-state index contributed by atoms with van der Waals surface area (Å²) in [7, 11) is 0. The molecular formula is C9H6ClNO3. The molecule has 0 aliphatic heterocycles. The summed E-state index contributed by atoms with van der Waals surface area (Å²) in [6, 6.07) is 5.01. The second kappa shape index (κ2) is 3.31. The fourth-order valence-electron chi connectivity index (χ4n) is 1.24. The van der Waals surface area contributed by atoms with E-state index in [1.807, 2.05) is 0 Å². The standard InChI is InChI=1S/C9H6ClNO3/c10-9-6-3-5(4-8(12)13)1-2-7(6)14-11-9/h1-3H,4H2,(H,12,13). The highest BCUT2D eigenvalue weighted by molar-refractivity contribution is 6.34. The van der Waals surface area contributed by atoms with Gasteiger partial charge in [-0.05, 0) is 17.7 Å². The van der Waals surface area contributed by atoms with Crippen molar-refractivity contribution in [2.45, 2.75) is 6.42 Å². The highest BCUT2D eigenvalue weighted by Crippen LogP contribution is 2.23. The van der Waals surface area contributed by atoms with Crippen molar-refractivity contribution in [1.82, 2.24) is 5.16 Å². The van der Waals surface area contributed by atoms with Gasteiger partial charge in [-0.3, -0.25) is 4.79 Å². The summed E-state index contributed by atoms with van der Waals surface area (Å²) in [6.07, 6.45) is -0.0303. The van der Waals surface area contributed by atoms with Crippen LogP contribution in [0.5, 0.6) is 0 Å². The summed E-state index contributed by atoms with van der Waals surface area (Å²) in [5, 5.41) is 13.0. The number of benzene rings is 1. The van der Waals surface area contributed by atoms with Gasteiger partial charge in [0.05, 0.1) is 11.8 Å². The molecule has 2 aromatic rings. The first-order valence-corrected chi connectivity index (χ1v) is 4.30. The van der Waals surface area contributed by atoms with E-state index in [4.69, 9.17) is 21.2 Å². The molecule has 0 aliphatic carbocycles. The monoisotopic (exact) mass is 211 g/mol. The van der Waals surface area contributed by atoms with Crippen LogP contribution in [0.3, 0.4) is 0 Å². The van der Waals surface area contributed by atoms with Gasteiger partial charge < -0.3 is 9.63 Å². The molecule has 0 bridgehead atoms. The number of carboxylic acid groups (broad SMARTS) is 1. The maximum atomic E-state index is 10.5. The summed E-state index contributed by atoms with van der Waals surface area (Å²) < 4.78 is 4.88. The Balaban J connectivity index is 2.49. The molecule has 0 spiro atoms. The minimum absolute atomic E-state index is 0.0303. The van der Waals surface area contributed by atoms with Crippen molar-refractivity contribution >= 4 is 28.5 Å². The summed E-state index contributed by atoms with van der Waals surface area (Å²) in [5.41, 5.74) is 1.24. The molecule has 1 aromatic heterocycles. The van der Waals surface area contributed by atoms with Crippen LogP contribution in [-0.4, -0.2) is 16.2 Å². The van der Waals surface area contributed by atoms with Crippen molar-refractivity contribution in [3.63, 3.8) is 0 Å².